The number of hydrogen-bond acceptors (Lipinski definition) is 2. The van der Waals surface area contributed by atoms with Crippen molar-refractivity contribution in [2.75, 3.05) is 14.2 Å². The first-order valence-electron chi connectivity index (χ1n) is 10.5. The Hall–Kier alpha value is -4.13. The Labute approximate surface area is 197 Å². The van der Waals surface area contributed by atoms with Gasteiger partial charge in [-0.2, -0.15) is 0 Å². The van der Waals surface area contributed by atoms with Crippen molar-refractivity contribution in [3.05, 3.63) is 95.8 Å². The molecule has 0 aliphatic heterocycles. The molecule has 0 bridgehead atoms. The highest BCUT2D eigenvalue weighted by molar-refractivity contribution is 6.21. The van der Waals surface area contributed by atoms with Crippen LogP contribution in [0.3, 0.4) is 0 Å². The van der Waals surface area contributed by atoms with E-state index in [4.69, 9.17) is 9.47 Å². The highest BCUT2D eigenvalue weighted by Gasteiger charge is 2.24. The van der Waals surface area contributed by atoms with Crippen LogP contribution in [0.25, 0.3) is 43.8 Å². The molecule has 176 valence electrons. The van der Waals surface area contributed by atoms with E-state index in [-0.39, 0.29) is 27.5 Å². The lowest BCUT2D eigenvalue weighted by molar-refractivity contribution is 0.407. The van der Waals surface area contributed by atoms with Crippen LogP contribution in [0.1, 0.15) is 0 Å². The van der Waals surface area contributed by atoms with E-state index in [9.17, 15) is 13.2 Å². The summed E-state index contributed by atoms with van der Waals surface area (Å²) in [6.07, 6.45) is 0. The maximum Gasteiger partial charge on any atom is 0.159 e. The van der Waals surface area contributed by atoms with E-state index in [2.05, 4.69) is 0 Å². The van der Waals surface area contributed by atoms with Gasteiger partial charge in [0.15, 0.2) is 11.6 Å². The van der Waals surface area contributed by atoms with Crippen LogP contribution < -0.4 is 9.47 Å². The van der Waals surface area contributed by atoms with Crippen LogP contribution in [-0.4, -0.2) is 14.2 Å². The fourth-order valence-corrected chi connectivity index (χ4v) is 4.44. The first-order chi connectivity index (χ1) is 16.8. The molecule has 0 unspecified atom stereocenters. The van der Waals surface area contributed by atoms with Gasteiger partial charge in [-0.25, -0.2) is 22.0 Å². The predicted molar refractivity (Wildman–Crippen MR) is 125 cm³/mol. The molecular formula is C28H17F5O2. The fraction of sp³-hybridized carbons (Fsp3) is 0.0714. The lowest BCUT2D eigenvalue weighted by atomic mass is 9.85. The van der Waals surface area contributed by atoms with Gasteiger partial charge in [-0.3, -0.25) is 0 Å². The molecule has 0 heterocycles. The summed E-state index contributed by atoms with van der Waals surface area (Å²) in [5.74, 6) is -4.46. The molecular weight excluding hydrogens is 463 g/mol. The van der Waals surface area contributed by atoms with E-state index in [0.29, 0.717) is 22.3 Å². The smallest absolute Gasteiger partial charge is 0.159 e. The number of ether oxygens (including phenoxy) is 2. The minimum atomic E-state index is -1.20. The van der Waals surface area contributed by atoms with Gasteiger partial charge in [0.2, 0.25) is 0 Å². The Bertz CT molecular complexity index is 1590. The quantitative estimate of drug-likeness (QED) is 0.191. The van der Waals surface area contributed by atoms with Crippen molar-refractivity contribution in [3.8, 4) is 33.8 Å². The first kappa shape index (κ1) is 22.7. The van der Waals surface area contributed by atoms with E-state index in [1.807, 2.05) is 0 Å². The van der Waals surface area contributed by atoms with Crippen LogP contribution in [-0.2, 0) is 0 Å². The molecule has 0 saturated heterocycles. The van der Waals surface area contributed by atoms with E-state index in [1.54, 1.807) is 24.3 Å². The van der Waals surface area contributed by atoms with E-state index in [1.165, 1.54) is 26.4 Å². The number of fused-ring (bicyclic) bond motifs is 2. The van der Waals surface area contributed by atoms with Crippen LogP contribution in [0.4, 0.5) is 22.0 Å². The molecule has 0 saturated carbocycles. The average molecular weight is 480 g/mol. The molecule has 0 aromatic heterocycles. The van der Waals surface area contributed by atoms with Crippen LogP contribution in [0, 0.1) is 29.1 Å². The molecule has 0 atom stereocenters. The average Bonchev–Trinajstić information content (AvgIpc) is 2.84. The Morgan fingerprint density at radius 1 is 0.457 bits per heavy atom. The fourth-order valence-electron chi connectivity index (χ4n) is 4.44. The zero-order valence-electron chi connectivity index (χ0n) is 18.6. The summed E-state index contributed by atoms with van der Waals surface area (Å²) in [4.78, 5) is 0. The number of methoxy groups -OCH3 is 2. The summed E-state index contributed by atoms with van der Waals surface area (Å²) in [5, 5.41) is 0.769. The molecule has 0 fully saturated rings. The summed E-state index contributed by atoms with van der Waals surface area (Å²) in [5.41, 5.74) is 0.456. The number of benzene rings is 5. The van der Waals surface area contributed by atoms with Crippen molar-refractivity contribution in [1.82, 2.24) is 0 Å². The highest BCUT2D eigenvalue weighted by Crippen LogP contribution is 2.46. The third-order valence-corrected chi connectivity index (χ3v) is 6.00. The number of hydrogen-bond donors (Lipinski definition) is 0. The molecule has 0 amide bonds. The maximum absolute atomic E-state index is 15.2. The van der Waals surface area contributed by atoms with Gasteiger partial charge in [0.25, 0.3) is 0 Å². The van der Waals surface area contributed by atoms with Crippen molar-refractivity contribution >= 4 is 21.5 Å². The molecule has 5 rings (SSSR count). The van der Waals surface area contributed by atoms with Gasteiger partial charge in [-0.05, 0) is 69.1 Å². The Morgan fingerprint density at radius 2 is 1.00 bits per heavy atom. The largest absolute Gasteiger partial charge is 0.497 e. The summed E-state index contributed by atoms with van der Waals surface area (Å²) in [6.45, 7) is 0. The highest BCUT2D eigenvalue weighted by atomic mass is 19.2. The Kier molecular flexibility index (Phi) is 5.55. The second kappa shape index (κ2) is 8.58. The topological polar surface area (TPSA) is 18.5 Å². The minimum Gasteiger partial charge on any atom is -0.497 e. The number of rotatable bonds is 4. The van der Waals surface area contributed by atoms with Crippen LogP contribution >= 0.6 is 0 Å². The van der Waals surface area contributed by atoms with Crippen LogP contribution in [0.5, 0.6) is 11.5 Å². The molecule has 2 nitrogen and oxygen atoms in total. The zero-order chi connectivity index (χ0) is 24.9. The molecule has 7 heteroatoms. The Morgan fingerprint density at radius 3 is 1.57 bits per heavy atom. The molecule has 0 N–H and O–H groups in total. The molecule has 5 aromatic rings. The second-order valence-corrected chi connectivity index (χ2v) is 7.95. The molecule has 0 radical (unpaired) electrons. The summed E-state index contributed by atoms with van der Waals surface area (Å²) in [7, 11) is 2.77. The van der Waals surface area contributed by atoms with E-state index in [0.717, 1.165) is 30.3 Å². The van der Waals surface area contributed by atoms with Gasteiger partial charge in [0, 0.05) is 17.7 Å². The normalized spacial score (nSPS) is 11.3. The van der Waals surface area contributed by atoms with E-state index >= 15 is 8.78 Å². The third-order valence-electron chi connectivity index (χ3n) is 6.00. The number of halogens is 5. The van der Waals surface area contributed by atoms with Crippen molar-refractivity contribution < 1.29 is 31.4 Å². The minimum absolute atomic E-state index is 0.0239. The van der Waals surface area contributed by atoms with Gasteiger partial charge in [0.1, 0.15) is 29.0 Å². The van der Waals surface area contributed by atoms with Crippen LogP contribution in [0.2, 0.25) is 0 Å². The predicted octanol–water partition coefficient (Wildman–Crippen LogP) is 8.04. The van der Waals surface area contributed by atoms with Gasteiger partial charge >= 0.3 is 0 Å². The van der Waals surface area contributed by atoms with Crippen molar-refractivity contribution in [2.45, 2.75) is 0 Å². The zero-order valence-corrected chi connectivity index (χ0v) is 18.6. The summed E-state index contributed by atoms with van der Waals surface area (Å²) in [6, 6.07) is 14.4. The molecule has 0 aliphatic carbocycles. The maximum atomic E-state index is 15.2. The lowest BCUT2D eigenvalue weighted by Gasteiger charge is -2.19. The lowest BCUT2D eigenvalue weighted by Crippen LogP contribution is -1.98. The van der Waals surface area contributed by atoms with E-state index < -0.39 is 34.6 Å². The van der Waals surface area contributed by atoms with Gasteiger partial charge in [-0.1, -0.05) is 18.2 Å². The summed E-state index contributed by atoms with van der Waals surface area (Å²) < 4.78 is 84.1. The Balaban J connectivity index is 2.01. The van der Waals surface area contributed by atoms with Crippen molar-refractivity contribution in [2.24, 2.45) is 0 Å². The first-order valence-corrected chi connectivity index (χ1v) is 10.5. The van der Waals surface area contributed by atoms with Crippen molar-refractivity contribution in [3.63, 3.8) is 0 Å². The third kappa shape index (κ3) is 3.73. The van der Waals surface area contributed by atoms with Gasteiger partial charge < -0.3 is 9.47 Å². The second-order valence-electron chi connectivity index (χ2n) is 7.95. The monoisotopic (exact) mass is 480 g/mol. The molecule has 0 spiro atoms. The molecule has 35 heavy (non-hydrogen) atoms. The van der Waals surface area contributed by atoms with Gasteiger partial charge in [-0.15, -0.1) is 0 Å². The van der Waals surface area contributed by atoms with Crippen LogP contribution in [0.15, 0.2) is 66.7 Å². The van der Waals surface area contributed by atoms with Crippen molar-refractivity contribution in [1.29, 1.82) is 0 Å². The molecule has 5 aromatic carbocycles. The summed E-state index contributed by atoms with van der Waals surface area (Å²) >= 11 is 0. The van der Waals surface area contributed by atoms with Gasteiger partial charge in [0.05, 0.1) is 19.8 Å². The SMILES string of the molecule is COc1ccc(-c2c3ccc(F)cc3c(-c3c(F)cc(OC)cc3F)c3cc(F)c(F)cc23)cc1. The molecule has 0 aliphatic rings. The standard InChI is InChI=1S/C28H17F5O2/c1-34-16-6-3-14(4-7-16)26-18-8-5-15(29)9-19(18)27(21-13-23(31)22(30)12-20(21)26)28-24(32)10-17(35-2)11-25(28)33/h3-13H,1-2H3.